The van der Waals surface area contributed by atoms with Crippen LogP contribution in [0.1, 0.15) is 30.9 Å². The maximum Gasteiger partial charge on any atom is 0.223 e. The van der Waals surface area contributed by atoms with Crippen LogP contribution in [0.15, 0.2) is 18.2 Å². The van der Waals surface area contributed by atoms with E-state index in [2.05, 4.69) is 10.6 Å². The van der Waals surface area contributed by atoms with Gasteiger partial charge in [-0.15, -0.1) is 12.4 Å². The smallest absolute Gasteiger partial charge is 0.223 e. The van der Waals surface area contributed by atoms with Crippen molar-refractivity contribution in [1.82, 2.24) is 10.6 Å². The Morgan fingerprint density at radius 1 is 1.36 bits per heavy atom. The van der Waals surface area contributed by atoms with Crippen LogP contribution >= 0.6 is 12.4 Å². The third kappa shape index (κ3) is 4.19. The van der Waals surface area contributed by atoms with Crippen LogP contribution in [0.5, 0.6) is 11.5 Å². The van der Waals surface area contributed by atoms with Crippen molar-refractivity contribution in [2.45, 2.75) is 25.4 Å². The number of ether oxygens (including phenoxy) is 2. The number of methoxy groups -OCH3 is 2. The molecule has 1 saturated carbocycles. The number of hydrogen-bond donors (Lipinski definition) is 3. The molecule has 25 heavy (non-hydrogen) atoms. The Kier molecular flexibility index (Phi) is 6.54. The molecule has 2 fully saturated rings. The third-order valence-corrected chi connectivity index (χ3v) is 5.37. The molecule has 1 aromatic carbocycles. The van der Waals surface area contributed by atoms with E-state index >= 15 is 0 Å². The highest BCUT2D eigenvalue weighted by Gasteiger charge is 2.57. The minimum absolute atomic E-state index is 0. The number of halogens is 1. The molecular weight excluding hydrogens is 344 g/mol. The van der Waals surface area contributed by atoms with E-state index in [4.69, 9.17) is 9.47 Å². The Hall–Kier alpha value is -1.50. The molecule has 1 heterocycles. The number of carbonyl (C=O) groups excluding carboxylic acids is 1. The van der Waals surface area contributed by atoms with Gasteiger partial charge < -0.3 is 25.2 Å². The number of benzene rings is 1. The molecular formula is C18H27ClN2O4. The molecule has 140 valence electrons. The Morgan fingerprint density at radius 3 is 2.72 bits per heavy atom. The fraction of sp³-hybridized carbons (Fsp3) is 0.611. The van der Waals surface area contributed by atoms with Gasteiger partial charge in [-0.3, -0.25) is 4.79 Å². The average Bonchev–Trinajstić information content (AvgIpc) is 3.32. The van der Waals surface area contributed by atoms with E-state index in [-0.39, 0.29) is 36.2 Å². The van der Waals surface area contributed by atoms with Gasteiger partial charge in [-0.05, 0) is 56.0 Å². The second kappa shape index (κ2) is 8.25. The number of carbonyl (C=O) groups is 1. The summed E-state index contributed by atoms with van der Waals surface area (Å²) < 4.78 is 10.5. The molecule has 1 aliphatic heterocycles. The van der Waals surface area contributed by atoms with E-state index in [1.54, 1.807) is 32.4 Å². The second-order valence-corrected chi connectivity index (χ2v) is 6.74. The molecule has 6 nitrogen and oxygen atoms in total. The van der Waals surface area contributed by atoms with Crippen LogP contribution < -0.4 is 20.1 Å². The first kappa shape index (κ1) is 19.8. The van der Waals surface area contributed by atoms with Crippen molar-refractivity contribution in [3.05, 3.63) is 23.8 Å². The lowest BCUT2D eigenvalue weighted by Crippen LogP contribution is -2.35. The SMILES string of the molecule is COc1ccc(OC)c(C(O)CNC(=O)C2CC23CCNCC3)c1.Cl. The van der Waals surface area contributed by atoms with Crippen molar-refractivity contribution < 1.29 is 19.4 Å². The van der Waals surface area contributed by atoms with Crippen molar-refractivity contribution in [1.29, 1.82) is 0 Å². The molecule has 1 spiro atoms. The van der Waals surface area contributed by atoms with Gasteiger partial charge in [0.15, 0.2) is 0 Å². The minimum atomic E-state index is -0.832. The fourth-order valence-corrected chi connectivity index (χ4v) is 3.73. The number of amides is 1. The van der Waals surface area contributed by atoms with Gasteiger partial charge in [0, 0.05) is 18.0 Å². The second-order valence-electron chi connectivity index (χ2n) is 6.74. The first-order chi connectivity index (χ1) is 11.6. The Labute approximate surface area is 154 Å². The molecule has 7 heteroatoms. The van der Waals surface area contributed by atoms with Crippen LogP contribution in [0.4, 0.5) is 0 Å². The van der Waals surface area contributed by atoms with Crippen LogP contribution in [0.25, 0.3) is 0 Å². The summed E-state index contributed by atoms with van der Waals surface area (Å²) in [5.74, 6) is 1.38. The average molecular weight is 371 g/mol. The minimum Gasteiger partial charge on any atom is -0.497 e. The van der Waals surface area contributed by atoms with Gasteiger partial charge in [0.05, 0.1) is 20.3 Å². The highest BCUT2D eigenvalue weighted by Crippen LogP contribution is 2.58. The molecule has 1 aromatic rings. The molecule has 1 saturated heterocycles. The first-order valence-electron chi connectivity index (χ1n) is 8.48. The Balaban J connectivity index is 0.00000225. The van der Waals surface area contributed by atoms with Crippen molar-refractivity contribution in [2.24, 2.45) is 11.3 Å². The van der Waals surface area contributed by atoms with Gasteiger partial charge in [0.25, 0.3) is 0 Å². The maximum absolute atomic E-state index is 12.4. The van der Waals surface area contributed by atoms with Crippen LogP contribution in [0.3, 0.4) is 0 Å². The van der Waals surface area contributed by atoms with Crippen molar-refractivity contribution in [2.75, 3.05) is 33.9 Å². The van der Waals surface area contributed by atoms with E-state index in [1.807, 2.05) is 0 Å². The lowest BCUT2D eigenvalue weighted by Gasteiger charge is -2.23. The predicted octanol–water partition coefficient (Wildman–Crippen LogP) is 1.66. The van der Waals surface area contributed by atoms with Gasteiger partial charge in [-0.2, -0.15) is 0 Å². The summed E-state index contributed by atoms with van der Waals surface area (Å²) in [5.41, 5.74) is 0.818. The topological polar surface area (TPSA) is 79.8 Å². The number of nitrogens with one attached hydrogen (secondary N) is 2. The molecule has 0 bridgehead atoms. The molecule has 0 radical (unpaired) electrons. The zero-order valence-electron chi connectivity index (χ0n) is 14.7. The van der Waals surface area contributed by atoms with Gasteiger partial charge in [-0.1, -0.05) is 0 Å². The largest absolute Gasteiger partial charge is 0.497 e. The summed E-state index contributed by atoms with van der Waals surface area (Å²) in [6, 6.07) is 5.27. The molecule has 0 aromatic heterocycles. The zero-order chi connectivity index (χ0) is 17.2. The quantitative estimate of drug-likeness (QED) is 0.709. The van der Waals surface area contributed by atoms with Crippen molar-refractivity contribution >= 4 is 18.3 Å². The molecule has 1 aliphatic carbocycles. The van der Waals surface area contributed by atoms with Crippen LogP contribution in [0, 0.1) is 11.3 Å². The van der Waals surface area contributed by atoms with Gasteiger partial charge >= 0.3 is 0 Å². The maximum atomic E-state index is 12.4. The fourth-order valence-electron chi connectivity index (χ4n) is 3.73. The van der Waals surface area contributed by atoms with Gasteiger partial charge in [0.1, 0.15) is 11.5 Å². The molecule has 2 unspecified atom stereocenters. The zero-order valence-corrected chi connectivity index (χ0v) is 15.5. The van der Waals surface area contributed by atoms with Crippen LogP contribution in [-0.2, 0) is 4.79 Å². The monoisotopic (exact) mass is 370 g/mol. The molecule has 3 rings (SSSR count). The van der Waals surface area contributed by atoms with E-state index in [9.17, 15) is 9.90 Å². The predicted molar refractivity (Wildman–Crippen MR) is 97.4 cm³/mol. The summed E-state index contributed by atoms with van der Waals surface area (Å²) in [5, 5.41) is 16.7. The Morgan fingerprint density at radius 2 is 2.08 bits per heavy atom. The summed E-state index contributed by atoms with van der Waals surface area (Å²) in [4.78, 5) is 12.4. The highest BCUT2D eigenvalue weighted by molar-refractivity contribution is 5.85. The lowest BCUT2D eigenvalue weighted by atomic mass is 9.92. The molecule has 1 amide bonds. The van der Waals surface area contributed by atoms with E-state index in [1.165, 1.54) is 0 Å². The number of aliphatic hydroxyl groups is 1. The van der Waals surface area contributed by atoms with Crippen molar-refractivity contribution in [3.63, 3.8) is 0 Å². The van der Waals surface area contributed by atoms with Gasteiger partial charge in [0.2, 0.25) is 5.91 Å². The van der Waals surface area contributed by atoms with Crippen LogP contribution in [0.2, 0.25) is 0 Å². The standard InChI is InChI=1S/C18H26N2O4.ClH/c1-23-12-3-4-16(24-2)13(9-12)15(21)11-20-17(22)14-10-18(14)5-7-19-8-6-18;/h3-4,9,14-15,19,21H,5-8,10-11H2,1-2H3,(H,20,22);1H. The van der Waals surface area contributed by atoms with E-state index < -0.39 is 6.10 Å². The molecule has 2 aliphatic rings. The summed E-state index contributed by atoms with van der Waals surface area (Å²) in [6.07, 6.45) is 2.27. The molecule has 2 atom stereocenters. The highest BCUT2D eigenvalue weighted by atomic mass is 35.5. The third-order valence-electron chi connectivity index (χ3n) is 5.37. The number of hydrogen-bond acceptors (Lipinski definition) is 5. The first-order valence-corrected chi connectivity index (χ1v) is 8.48. The summed E-state index contributed by atoms with van der Waals surface area (Å²) >= 11 is 0. The lowest BCUT2D eigenvalue weighted by molar-refractivity contribution is -0.123. The van der Waals surface area contributed by atoms with E-state index in [0.717, 1.165) is 32.4 Å². The summed E-state index contributed by atoms with van der Waals surface area (Å²) in [7, 11) is 3.13. The number of aliphatic hydroxyl groups excluding tert-OH is 1. The number of piperidine rings is 1. The molecule has 3 N–H and O–H groups in total. The van der Waals surface area contributed by atoms with E-state index in [0.29, 0.717) is 17.1 Å². The number of rotatable bonds is 6. The Bertz CT molecular complexity index is 605. The van der Waals surface area contributed by atoms with Crippen LogP contribution in [-0.4, -0.2) is 44.9 Å². The van der Waals surface area contributed by atoms with Gasteiger partial charge in [-0.25, -0.2) is 0 Å². The summed E-state index contributed by atoms with van der Waals surface area (Å²) in [6.45, 7) is 2.16. The van der Waals surface area contributed by atoms with Crippen molar-refractivity contribution in [3.8, 4) is 11.5 Å². The normalized spacial score (nSPS) is 21.8.